The molecule has 1 saturated heterocycles. The molecular weight excluding hydrogens is 500 g/mol. The van der Waals surface area contributed by atoms with Gasteiger partial charge in [0.2, 0.25) is 0 Å². The summed E-state index contributed by atoms with van der Waals surface area (Å²) in [6, 6.07) is 12.2. The van der Waals surface area contributed by atoms with Crippen LogP contribution in [-0.4, -0.2) is 34.4 Å². The number of nitrogens with zero attached hydrogens (tertiary/aromatic N) is 1. The maximum Gasteiger partial charge on any atom is 0.285 e. The Hall–Kier alpha value is -2.62. The zero-order valence-corrected chi connectivity index (χ0v) is 19.8. The molecule has 0 bridgehead atoms. The molecule has 1 heterocycles. The highest BCUT2D eigenvalue weighted by atomic mass is 79.9. The quantitative estimate of drug-likeness (QED) is 0.302. The van der Waals surface area contributed by atoms with Crippen molar-refractivity contribution in [3.05, 3.63) is 75.6 Å². The number of thioether (sulfide) groups is 1. The van der Waals surface area contributed by atoms with Crippen molar-refractivity contribution in [2.24, 2.45) is 0 Å². The largest absolute Gasteiger partial charge is 0.490 e. The van der Waals surface area contributed by atoms with Crippen LogP contribution in [0.1, 0.15) is 22.8 Å². The lowest BCUT2D eigenvalue weighted by atomic mass is 10.2. The second-order valence-corrected chi connectivity index (χ2v) is 8.72. The maximum atomic E-state index is 12.8. The number of amides is 2. The highest BCUT2D eigenvalue weighted by molar-refractivity contribution is 9.10. The summed E-state index contributed by atoms with van der Waals surface area (Å²) in [5, 5.41) is 1.08. The number of hydrogen-bond donors (Lipinski definition) is 1. The Kier molecular flexibility index (Phi) is 7.89. The third-order valence-electron chi connectivity index (χ3n) is 4.02. The fourth-order valence-corrected chi connectivity index (χ4v) is 4.44. The molecule has 0 spiro atoms. The smallest absolute Gasteiger partial charge is 0.285 e. The standard InChI is InChI=1S/C22H19BrN2O4S2/c1-3-10-29-19-16(23)11-14(12-17(19)28-4-2)13-18-21(27)25(22(30)31-18)24-20(26)15-8-6-5-7-9-15/h3,5-9,11-13H,1,4,10H2,2H3,(H,24,26)/b18-13+. The molecule has 1 aliphatic rings. The molecule has 0 atom stereocenters. The Bertz CT molecular complexity index is 1060. The van der Waals surface area contributed by atoms with E-state index in [1.807, 2.05) is 19.1 Å². The molecule has 0 aliphatic carbocycles. The van der Waals surface area contributed by atoms with Gasteiger partial charge in [-0.2, -0.15) is 5.01 Å². The summed E-state index contributed by atoms with van der Waals surface area (Å²) in [5.74, 6) is 0.281. The number of hydrogen-bond acceptors (Lipinski definition) is 6. The first-order chi connectivity index (χ1) is 14.9. The lowest BCUT2D eigenvalue weighted by molar-refractivity contribution is -0.123. The van der Waals surface area contributed by atoms with E-state index in [1.165, 1.54) is 0 Å². The molecule has 2 aromatic carbocycles. The minimum atomic E-state index is -0.414. The van der Waals surface area contributed by atoms with Crippen LogP contribution in [0, 0.1) is 0 Å². The normalized spacial score (nSPS) is 14.6. The van der Waals surface area contributed by atoms with Gasteiger partial charge in [-0.25, -0.2) is 0 Å². The number of halogens is 1. The summed E-state index contributed by atoms with van der Waals surface area (Å²) < 4.78 is 12.3. The van der Waals surface area contributed by atoms with Gasteiger partial charge in [-0.15, -0.1) is 0 Å². The van der Waals surface area contributed by atoms with Gasteiger partial charge < -0.3 is 9.47 Å². The van der Waals surface area contributed by atoms with Gasteiger partial charge in [0.15, 0.2) is 15.8 Å². The zero-order chi connectivity index (χ0) is 22.4. The number of ether oxygens (including phenoxy) is 2. The van der Waals surface area contributed by atoms with Crippen LogP contribution in [0.5, 0.6) is 11.5 Å². The van der Waals surface area contributed by atoms with E-state index < -0.39 is 11.8 Å². The molecule has 1 aliphatic heterocycles. The molecule has 31 heavy (non-hydrogen) atoms. The average Bonchev–Trinajstić information content (AvgIpc) is 3.01. The van der Waals surface area contributed by atoms with E-state index in [0.29, 0.717) is 39.7 Å². The summed E-state index contributed by atoms with van der Waals surface area (Å²) in [6.45, 7) is 6.31. The van der Waals surface area contributed by atoms with Gasteiger partial charge in [0.1, 0.15) is 6.61 Å². The molecule has 9 heteroatoms. The van der Waals surface area contributed by atoms with Crippen LogP contribution in [0.2, 0.25) is 0 Å². The lowest BCUT2D eigenvalue weighted by Gasteiger charge is -2.15. The van der Waals surface area contributed by atoms with Gasteiger partial charge in [0, 0.05) is 5.56 Å². The summed E-state index contributed by atoms with van der Waals surface area (Å²) in [5.41, 5.74) is 3.71. The van der Waals surface area contributed by atoms with Crippen molar-refractivity contribution in [3.63, 3.8) is 0 Å². The minimum Gasteiger partial charge on any atom is -0.490 e. The molecule has 0 saturated carbocycles. The molecule has 2 amide bonds. The van der Waals surface area contributed by atoms with Crippen LogP contribution < -0.4 is 14.9 Å². The van der Waals surface area contributed by atoms with Crippen molar-refractivity contribution in [2.45, 2.75) is 6.92 Å². The molecule has 0 aromatic heterocycles. The fraction of sp³-hybridized carbons (Fsp3) is 0.136. The van der Waals surface area contributed by atoms with Crippen LogP contribution in [-0.2, 0) is 4.79 Å². The molecular formula is C22H19BrN2O4S2. The topological polar surface area (TPSA) is 67.9 Å². The minimum absolute atomic E-state index is 0.246. The van der Waals surface area contributed by atoms with Crippen LogP contribution in [0.4, 0.5) is 0 Å². The Morgan fingerprint density at radius 2 is 2.03 bits per heavy atom. The molecule has 160 valence electrons. The molecule has 2 aromatic rings. The van der Waals surface area contributed by atoms with E-state index in [-0.39, 0.29) is 4.32 Å². The Balaban J connectivity index is 1.83. The van der Waals surface area contributed by atoms with Crippen molar-refractivity contribution >= 4 is 62.1 Å². The van der Waals surface area contributed by atoms with Gasteiger partial charge in [-0.3, -0.25) is 15.0 Å². The summed E-state index contributed by atoms with van der Waals surface area (Å²) in [7, 11) is 0. The van der Waals surface area contributed by atoms with Crippen molar-refractivity contribution in [2.75, 3.05) is 13.2 Å². The SMILES string of the molecule is C=CCOc1c(Br)cc(/C=C2/SC(=S)N(NC(=O)c3ccccc3)C2=O)cc1OCC. The highest BCUT2D eigenvalue weighted by Gasteiger charge is 2.34. The second-order valence-electron chi connectivity index (χ2n) is 6.19. The number of thiocarbonyl (C=S) groups is 1. The van der Waals surface area contributed by atoms with E-state index in [0.717, 1.165) is 22.3 Å². The number of nitrogens with one attached hydrogen (secondary N) is 1. The monoisotopic (exact) mass is 518 g/mol. The summed E-state index contributed by atoms with van der Waals surface area (Å²) in [4.78, 5) is 25.6. The average molecular weight is 519 g/mol. The summed E-state index contributed by atoms with van der Waals surface area (Å²) in [6.07, 6.45) is 3.34. The Morgan fingerprint density at radius 3 is 2.71 bits per heavy atom. The van der Waals surface area contributed by atoms with Crippen molar-refractivity contribution in [3.8, 4) is 11.5 Å². The van der Waals surface area contributed by atoms with Gasteiger partial charge >= 0.3 is 0 Å². The third-order valence-corrected chi connectivity index (χ3v) is 5.91. The molecule has 0 radical (unpaired) electrons. The molecule has 1 N–H and O–H groups in total. The van der Waals surface area contributed by atoms with E-state index >= 15 is 0 Å². The lowest BCUT2D eigenvalue weighted by Crippen LogP contribution is -2.44. The predicted octanol–water partition coefficient (Wildman–Crippen LogP) is 4.96. The number of rotatable bonds is 8. The zero-order valence-electron chi connectivity index (χ0n) is 16.6. The molecule has 3 rings (SSSR count). The predicted molar refractivity (Wildman–Crippen MR) is 130 cm³/mol. The van der Waals surface area contributed by atoms with Gasteiger partial charge in [0.25, 0.3) is 11.8 Å². The number of carbonyl (C=O) groups is 2. The van der Waals surface area contributed by atoms with Crippen molar-refractivity contribution < 1.29 is 19.1 Å². The van der Waals surface area contributed by atoms with Gasteiger partial charge in [0.05, 0.1) is 16.0 Å². The first kappa shape index (κ1) is 23.1. The number of benzene rings is 2. The second kappa shape index (κ2) is 10.6. The first-order valence-corrected chi connectivity index (χ1v) is 11.3. The van der Waals surface area contributed by atoms with Crippen LogP contribution in [0.15, 0.2) is 64.5 Å². The molecule has 6 nitrogen and oxygen atoms in total. The van der Waals surface area contributed by atoms with Crippen LogP contribution in [0.3, 0.4) is 0 Å². The van der Waals surface area contributed by atoms with Gasteiger partial charge in [-0.1, -0.05) is 42.6 Å². The number of carbonyl (C=O) groups excluding carboxylic acids is 2. The van der Waals surface area contributed by atoms with E-state index in [9.17, 15) is 9.59 Å². The van der Waals surface area contributed by atoms with Crippen LogP contribution in [0.25, 0.3) is 6.08 Å². The Morgan fingerprint density at radius 1 is 1.29 bits per heavy atom. The maximum absolute atomic E-state index is 12.8. The van der Waals surface area contributed by atoms with Gasteiger partial charge in [-0.05, 0) is 71.0 Å². The number of hydrazine groups is 1. The van der Waals surface area contributed by atoms with E-state index in [4.69, 9.17) is 21.7 Å². The van der Waals surface area contributed by atoms with E-state index in [1.54, 1.807) is 42.5 Å². The van der Waals surface area contributed by atoms with Crippen molar-refractivity contribution in [1.82, 2.24) is 10.4 Å². The fourth-order valence-electron chi connectivity index (χ4n) is 2.69. The molecule has 0 unspecified atom stereocenters. The summed E-state index contributed by atoms with van der Waals surface area (Å²) >= 11 is 9.89. The van der Waals surface area contributed by atoms with Crippen molar-refractivity contribution in [1.29, 1.82) is 0 Å². The first-order valence-electron chi connectivity index (χ1n) is 9.28. The Labute approximate surface area is 198 Å². The third kappa shape index (κ3) is 5.55. The van der Waals surface area contributed by atoms with Crippen LogP contribution >= 0.6 is 39.9 Å². The van der Waals surface area contributed by atoms with E-state index in [2.05, 4.69) is 27.9 Å². The molecule has 1 fully saturated rings. The highest BCUT2D eigenvalue weighted by Crippen LogP contribution is 2.39.